The second kappa shape index (κ2) is 5.26. The highest BCUT2D eigenvalue weighted by molar-refractivity contribution is 9.10. The molecule has 1 rings (SSSR count). The summed E-state index contributed by atoms with van der Waals surface area (Å²) in [5, 5.41) is 0. The molecule has 1 atom stereocenters. The van der Waals surface area contributed by atoms with Crippen LogP contribution in [0, 0.1) is 0 Å². The van der Waals surface area contributed by atoms with E-state index in [9.17, 15) is 0 Å². The van der Waals surface area contributed by atoms with Gasteiger partial charge in [-0.15, -0.1) is 0 Å². The molecule has 4 nitrogen and oxygen atoms in total. The molecule has 0 aliphatic carbocycles. The molecule has 0 aromatic carbocycles. The van der Waals surface area contributed by atoms with Crippen molar-refractivity contribution in [1.29, 1.82) is 0 Å². The van der Waals surface area contributed by atoms with Crippen LogP contribution in [0.15, 0.2) is 16.9 Å². The summed E-state index contributed by atoms with van der Waals surface area (Å²) < 4.78 is 0.895. The maximum Gasteiger partial charge on any atom is 0.146 e. The number of aromatic nitrogens is 2. The largest absolute Gasteiger partial charge is 0.257 e. The second-order valence-electron chi connectivity index (χ2n) is 2.66. The van der Waals surface area contributed by atoms with Gasteiger partial charge >= 0.3 is 0 Å². The SMILES string of the molecule is CCNNC(C)c1ncc(Br)cn1. The number of hydrazine groups is 1. The number of nitrogens with zero attached hydrogens (tertiary/aromatic N) is 2. The Morgan fingerprint density at radius 2 is 2.08 bits per heavy atom. The van der Waals surface area contributed by atoms with Crippen molar-refractivity contribution in [3.8, 4) is 0 Å². The molecule has 0 aliphatic rings. The van der Waals surface area contributed by atoms with E-state index < -0.39 is 0 Å². The molecule has 1 unspecified atom stereocenters. The van der Waals surface area contributed by atoms with E-state index in [0.29, 0.717) is 0 Å². The van der Waals surface area contributed by atoms with Crippen LogP contribution in [0.25, 0.3) is 0 Å². The summed E-state index contributed by atoms with van der Waals surface area (Å²) >= 11 is 3.29. The third kappa shape index (κ3) is 3.38. The first-order valence-corrected chi connectivity index (χ1v) is 4.99. The van der Waals surface area contributed by atoms with Crippen molar-refractivity contribution in [2.75, 3.05) is 6.54 Å². The molecule has 0 fully saturated rings. The zero-order valence-corrected chi connectivity index (χ0v) is 9.30. The molecule has 1 heterocycles. The van der Waals surface area contributed by atoms with Gasteiger partial charge in [0, 0.05) is 18.9 Å². The molecule has 2 N–H and O–H groups in total. The summed E-state index contributed by atoms with van der Waals surface area (Å²) in [5.74, 6) is 0.782. The molecular weight excluding hydrogens is 232 g/mol. The predicted octanol–water partition coefficient (Wildman–Crippen LogP) is 1.41. The summed E-state index contributed by atoms with van der Waals surface area (Å²) in [6, 6.07) is 0.119. The van der Waals surface area contributed by atoms with E-state index in [-0.39, 0.29) is 6.04 Å². The lowest BCUT2D eigenvalue weighted by molar-refractivity contribution is 0.458. The third-order valence-electron chi connectivity index (χ3n) is 1.52. The standard InChI is InChI=1S/C8H13BrN4/c1-3-12-13-6(2)8-10-4-7(9)5-11-8/h4-6,12-13H,3H2,1-2H3. The van der Waals surface area contributed by atoms with Crippen molar-refractivity contribution in [2.45, 2.75) is 19.9 Å². The highest BCUT2D eigenvalue weighted by Crippen LogP contribution is 2.08. The van der Waals surface area contributed by atoms with Gasteiger partial charge in [-0.25, -0.2) is 15.4 Å². The normalized spacial score (nSPS) is 12.8. The summed E-state index contributed by atoms with van der Waals surface area (Å²) in [7, 11) is 0. The lowest BCUT2D eigenvalue weighted by atomic mass is 10.3. The van der Waals surface area contributed by atoms with Crippen LogP contribution in [-0.2, 0) is 0 Å². The maximum absolute atomic E-state index is 4.17. The Hall–Kier alpha value is -0.520. The molecule has 0 bridgehead atoms. The molecule has 13 heavy (non-hydrogen) atoms. The minimum atomic E-state index is 0.119. The summed E-state index contributed by atoms with van der Waals surface area (Å²) in [4.78, 5) is 8.34. The first kappa shape index (κ1) is 10.6. The van der Waals surface area contributed by atoms with Crippen LogP contribution in [0.4, 0.5) is 0 Å². The van der Waals surface area contributed by atoms with Crippen molar-refractivity contribution in [1.82, 2.24) is 20.8 Å². The fraction of sp³-hybridized carbons (Fsp3) is 0.500. The second-order valence-corrected chi connectivity index (χ2v) is 3.57. The maximum atomic E-state index is 4.17. The van der Waals surface area contributed by atoms with Crippen LogP contribution in [0.5, 0.6) is 0 Å². The van der Waals surface area contributed by atoms with Crippen molar-refractivity contribution in [2.24, 2.45) is 0 Å². The fourth-order valence-electron chi connectivity index (χ4n) is 0.866. The van der Waals surface area contributed by atoms with E-state index in [2.05, 4.69) is 36.7 Å². The highest BCUT2D eigenvalue weighted by atomic mass is 79.9. The third-order valence-corrected chi connectivity index (χ3v) is 1.93. The number of nitrogens with one attached hydrogen (secondary N) is 2. The van der Waals surface area contributed by atoms with Gasteiger partial charge in [-0.05, 0) is 22.9 Å². The molecule has 0 aliphatic heterocycles. The van der Waals surface area contributed by atoms with E-state index in [1.807, 2.05) is 13.8 Å². The quantitative estimate of drug-likeness (QED) is 0.787. The molecule has 0 saturated carbocycles. The number of hydrogen-bond acceptors (Lipinski definition) is 4. The summed E-state index contributed by atoms with van der Waals surface area (Å²) in [6.45, 7) is 4.91. The summed E-state index contributed by atoms with van der Waals surface area (Å²) in [5.41, 5.74) is 6.10. The van der Waals surface area contributed by atoms with Crippen molar-refractivity contribution in [3.63, 3.8) is 0 Å². The predicted molar refractivity (Wildman–Crippen MR) is 55.0 cm³/mol. The van der Waals surface area contributed by atoms with Crippen LogP contribution < -0.4 is 10.9 Å². The molecule has 0 spiro atoms. The van der Waals surface area contributed by atoms with Crippen molar-refractivity contribution < 1.29 is 0 Å². The van der Waals surface area contributed by atoms with Crippen LogP contribution in [0.1, 0.15) is 25.7 Å². The van der Waals surface area contributed by atoms with E-state index in [4.69, 9.17) is 0 Å². The van der Waals surface area contributed by atoms with Crippen molar-refractivity contribution in [3.05, 3.63) is 22.7 Å². The van der Waals surface area contributed by atoms with Gasteiger partial charge in [0.25, 0.3) is 0 Å². The van der Waals surface area contributed by atoms with Crippen LogP contribution in [-0.4, -0.2) is 16.5 Å². The first-order valence-electron chi connectivity index (χ1n) is 4.20. The molecule has 1 aromatic rings. The fourth-order valence-corrected chi connectivity index (χ4v) is 1.07. The number of halogens is 1. The van der Waals surface area contributed by atoms with Gasteiger partial charge in [0.2, 0.25) is 0 Å². The number of hydrogen-bond donors (Lipinski definition) is 2. The number of rotatable bonds is 4. The van der Waals surface area contributed by atoms with E-state index in [0.717, 1.165) is 16.8 Å². The van der Waals surface area contributed by atoms with Gasteiger partial charge in [0.05, 0.1) is 10.5 Å². The van der Waals surface area contributed by atoms with Gasteiger partial charge in [-0.1, -0.05) is 6.92 Å². The average Bonchev–Trinajstić information content (AvgIpc) is 2.15. The molecule has 72 valence electrons. The van der Waals surface area contributed by atoms with E-state index >= 15 is 0 Å². The average molecular weight is 245 g/mol. The van der Waals surface area contributed by atoms with Gasteiger partial charge in [-0.2, -0.15) is 0 Å². The Bertz CT molecular complexity index is 249. The Morgan fingerprint density at radius 1 is 1.46 bits per heavy atom. The first-order chi connectivity index (χ1) is 6.24. The molecular formula is C8H13BrN4. The Balaban J connectivity index is 2.55. The van der Waals surface area contributed by atoms with Crippen LogP contribution >= 0.6 is 15.9 Å². The highest BCUT2D eigenvalue weighted by Gasteiger charge is 2.05. The topological polar surface area (TPSA) is 49.8 Å². The minimum absolute atomic E-state index is 0.119. The van der Waals surface area contributed by atoms with E-state index in [1.54, 1.807) is 12.4 Å². The van der Waals surface area contributed by atoms with Gasteiger partial charge in [0.1, 0.15) is 5.82 Å². The van der Waals surface area contributed by atoms with E-state index in [1.165, 1.54) is 0 Å². The molecule has 1 aromatic heterocycles. The van der Waals surface area contributed by atoms with Crippen LogP contribution in [0.2, 0.25) is 0 Å². The van der Waals surface area contributed by atoms with Gasteiger partial charge in [0.15, 0.2) is 0 Å². The Morgan fingerprint density at radius 3 is 2.62 bits per heavy atom. The summed E-state index contributed by atoms with van der Waals surface area (Å²) in [6.07, 6.45) is 3.49. The Labute approximate surface area is 86.3 Å². The van der Waals surface area contributed by atoms with Gasteiger partial charge in [-0.3, -0.25) is 5.43 Å². The monoisotopic (exact) mass is 244 g/mol. The van der Waals surface area contributed by atoms with Gasteiger partial charge < -0.3 is 0 Å². The molecule has 5 heteroatoms. The zero-order valence-electron chi connectivity index (χ0n) is 7.71. The van der Waals surface area contributed by atoms with Crippen LogP contribution in [0.3, 0.4) is 0 Å². The zero-order chi connectivity index (χ0) is 9.68. The lowest BCUT2D eigenvalue weighted by Gasteiger charge is -2.11. The minimum Gasteiger partial charge on any atom is -0.257 e. The molecule has 0 radical (unpaired) electrons. The smallest absolute Gasteiger partial charge is 0.146 e. The Kier molecular flexibility index (Phi) is 4.27. The molecule has 0 amide bonds. The lowest BCUT2D eigenvalue weighted by Crippen LogP contribution is -2.34. The molecule has 0 saturated heterocycles. The van der Waals surface area contributed by atoms with Crippen molar-refractivity contribution >= 4 is 15.9 Å².